The van der Waals surface area contributed by atoms with Crippen molar-refractivity contribution in [2.24, 2.45) is 5.10 Å². The van der Waals surface area contributed by atoms with Crippen LogP contribution in [0.1, 0.15) is 41.0 Å². The molecule has 0 aliphatic rings. The van der Waals surface area contributed by atoms with Gasteiger partial charge in [0.25, 0.3) is 5.91 Å². The Labute approximate surface area is 211 Å². The molecule has 1 unspecified atom stereocenters. The van der Waals surface area contributed by atoms with Crippen LogP contribution in [-0.2, 0) is 11.4 Å². The first-order chi connectivity index (χ1) is 16.6. The third-order valence-corrected chi connectivity index (χ3v) is 6.08. The molecule has 3 rings (SSSR count). The van der Waals surface area contributed by atoms with E-state index in [1.807, 2.05) is 31.2 Å². The fourth-order valence-electron chi connectivity index (χ4n) is 3.55. The number of methoxy groups -OCH3 is 1. The van der Waals surface area contributed by atoms with Crippen molar-refractivity contribution in [2.75, 3.05) is 7.11 Å². The first-order valence-corrected chi connectivity index (χ1v) is 11.5. The van der Waals surface area contributed by atoms with Gasteiger partial charge in [-0.3, -0.25) is 19.6 Å². The van der Waals surface area contributed by atoms with E-state index >= 15 is 0 Å². The number of ether oxygens (including phenoxy) is 2. The van der Waals surface area contributed by atoms with Gasteiger partial charge in [-0.15, -0.1) is 0 Å². The molecule has 11 heteroatoms. The quantitative estimate of drug-likeness (QED) is 0.235. The molecule has 0 aliphatic heterocycles. The van der Waals surface area contributed by atoms with E-state index in [-0.39, 0.29) is 11.4 Å². The number of rotatable bonds is 9. The Bertz CT molecular complexity index is 1290. The number of benzene rings is 2. The number of nitrogens with one attached hydrogen (secondary N) is 1. The lowest BCUT2D eigenvalue weighted by atomic mass is 10.1. The molecule has 0 bridgehead atoms. The minimum Gasteiger partial charge on any atom is -0.493 e. The second-order valence-electron chi connectivity index (χ2n) is 7.88. The molecular formula is C24H26BrN5O5. The van der Waals surface area contributed by atoms with Crippen LogP contribution in [0.25, 0.3) is 0 Å². The topological polar surface area (TPSA) is 121 Å². The molecule has 0 aliphatic carbocycles. The number of hydrogen-bond donors (Lipinski definition) is 1. The number of aryl methyl sites for hydroxylation is 2. The molecular weight excluding hydrogens is 518 g/mol. The summed E-state index contributed by atoms with van der Waals surface area (Å²) in [5.41, 5.74) is 5.75. The zero-order chi connectivity index (χ0) is 25.7. The summed E-state index contributed by atoms with van der Waals surface area (Å²) < 4.78 is 13.5. The van der Waals surface area contributed by atoms with Gasteiger partial charge in [-0.2, -0.15) is 10.2 Å². The molecule has 35 heavy (non-hydrogen) atoms. The first-order valence-electron chi connectivity index (χ1n) is 10.7. The third kappa shape index (κ3) is 5.86. The molecule has 0 fully saturated rings. The Morgan fingerprint density at radius 2 is 2.03 bits per heavy atom. The Morgan fingerprint density at radius 3 is 2.66 bits per heavy atom. The average molecular weight is 544 g/mol. The van der Waals surface area contributed by atoms with E-state index in [9.17, 15) is 14.9 Å². The normalized spacial score (nSPS) is 11.9. The highest BCUT2D eigenvalue weighted by molar-refractivity contribution is 9.10. The molecule has 1 heterocycles. The van der Waals surface area contributed by atoms with Gasteiger partial charge in [0.05, 0.1) is 22.7 Å². The maximum atomic E-state index is 12.6. The number of hydrazone groups is 1. The molecule has 1 N–H and O–H groups in total. The van der Waals surface area contributed by atoms with Crippen LogP contribution in [0.5, 0.6) is 11.5 Å². The molecule has 184 valence electrons. The average Bonchev–Trinajstić information content (AvgIpc) is 3.12. The van der Waals surface area contributed by atoms with Gasteiger partial charge in [0.2, 0.25) is 0 Å². The SMILES string of the molecule is COc1cc(C=NNC(=O)C(C)n2nc(C)c([N+](=O)[O-])c2C)cc(Br)c1OCc1ccccc1C. The summed E-state index contributed by atoms with van der Waals surface area (Å²) in [5, 5.41) is 19.4. The molecule has 2 aromatic carbocycles. The van der Waals surface area contributed by atoms with E-state index in [0.29, 0.717) is 33.8 Å². The van der Waals surface area contributed by atoms with Crippen molar-refractivity contribution < 1.29 is 19.2 Å². The summed E-state index contributed by atoms with van der Waals surface area (Å²) in [6.07, 6.45) is 1.46. The fourth-order valence-corrected chi connectivity index (χ4v) is 4.12. The number of carbonyl (C=O) groups excluding carboxylic acids is 1. The maximum absolute atomic E-state index is 12.6. The van der Waals surface area contributed by atoms with Crippen molar-refractivity contribution in [3.05, 3.63) is 79.1 Å². The van der Waals surface area contributed by atoms with Crippen LogP contribution in [0.4, 0.5) is 5.69 Å². The summed E-state index contributed by atoms with van der Waals surface area (Å²) in [4.78, 5) is 23.3. The van der Waals surface area contributed by atoms with E-state index in [1.165, 1.54) is 17.8 Å². The van der Waals surface area contributed by atoms with Crippen LogP contribution in [0.2, 0.25) is 0 Å². The van der Waals surface area contributed by atoms with Crippen molar-refractivity contribution in [1.29, 1.82) is 0 Å². The van der Waals surface area contributed by atoms with Crippen LogP contribution in [0.3, 0.4) is 0 Å². The number of carbonyl (C=O) groups is 1. The van der Waals surface area contributed by atoms with Crippen molar-refractivity contribution in [3.8, 4) is 11.5 Å². The molecule has 1 amide bonds. The second kappa shape index (κ2) is 11.1. The van der Waals surface area contributed by atoms with E-state index in [2.05, 4.69) is 31.6 Å². The molecule has 3 aromatic rings. The van der Waals surface area contributed by atoms with Crippen molar-refractivity contribution in [1.82, 2.24) is 15.2 Å². The van der Waals surface area contributed by atoms with Gasteiger partial charge >= 0.3 is 5.69 Å². The summed E-state index contributed by atoms with van der Waals surface area (Å²) >= 11 is 3.51. The lowest BCUT2D eigenvalue weighted by molar-refractivity contribution is -0.386. The number of amides is 1. The minimum atomic E-state index is -0.793. The van der Waals surface area contributed by atoms with E-state index in [4.69, 9.17) is 9.47 Å². The molecule has 0 saturated heterocycles. The Morgan fingerprint density at radius 1 is 1.31 bits per heavy atom. The zero-order valence-electron chi connectivity index (χ0n) is 20.0. The highest BCUT2D eigenvalue weighted by Gasteiger charge is 2.27. The van der Waals surface area contributed by atoms with Crippen LogP contribution in [0.15, 0.2) is 46.0 Å². The van der Waals surface area contributed by atoms with E-state index in [1.54, 1.807) is 33.1 Å². The number of halogens is 1. The smallest absolute Gasteiger partial charge is 0.312 e. The summed E-state index contributed by atoms with van der Waals surface area (Å²) in [6.45, 7) is 7.08. The summed E-state index contributed by atoms with van der Waals surface area (Å²) in [5.74, 6) is 0.590. The number of hydrogen-bond acceptors (Lipinski definition) is 7. The number of nitrogens with zero attached hydrogens (tertiary/aromatic N) is 4. The van der Waals surface area contributed by atoms with Gasteiger partial charge in [-0.1, -0.05) is 24.3 Å². The first kappa shape index (κ1) is 25.9. The van der Waals surface area contributed by atoms with Gasteiger partial charge < -0.3 is 9.47 Å². The van der Waals surface area contributed by atoms with Gasteiger partial charge in [0, 0.05) is 0 Å². The van der Waals surface area contributed by atoms with E-state index in [0.717, 1.165) is 11.1 Å². The van der Waals surface area contributed by atoms with Crippen LogP contribution < -0.4 is 14.9 Å². The van der Waals surface area contributed by atoms with Crippen molar-refractivity contribution >= 4 is 33.7 Å². The monoisotopic (exact) mass is 543 g/mol. The lowest BCUT2D eigenvalue weighted by Gasteiger charge is -2.14. The Balaban J connectivity index is 1.70. The molecule has 0 radical (unpaired) electrons. The highest BCUT2D eigenvalue weighted by Crippen LogP contribution is 2.37. The molecule has 1 atom stereocenters. The molecule has 1 aromatic heterocycles. The molecule has 0 saturated carbocycles. The van der Waals surface area contributed by atoms with Gasteiger partial charge in [0.15, 0.2) is 11.5 Å². The second-order valence-corrected chi connectivity index (χ2v) is 8.73. The molecule has 10 nitrogen and oxygen atoms in total. The Hall–Kier alpha value is -3.73. The highest BCUT2D eigenvalue weighted by atomic mass is 79.9. The predicted molar refractivity (Wildman–Crippen MR) is 135 cm³/mol. The van der Waals surface area contributed by atoms with Crippen LogP contribution in [0, 0.1) is 30.9 Å². The number of nitro groups is 1. The number of aromatic nitrogens is 2. The third-order valence-electron chi connectivity index (χ3n) is 5.49. The predicted octanol–water partition coefficient (Wildman–Crippen LogP) is 4.78. The van der Waals surface area contributed by atoms with E-state index < -0.39 is 16.9 Å². The fraction of sp³-hybridized carbons (Fsp3) is 0.292. The standard InChI is InChI=1S/C24H26BrN5O5/c1-14-8-6-7-9-19(14)13-35-23-20(25)10-18(11-21(23)34-5)12-26-27-24(31)17(4)29-16(3)22(30(32)33)15(2)28-29/h6-12,17H,13H2,1-5H3,(H,27,31). The largest absolute Gasteiger partial charge is 0.493 e. The van der Waals surface area contributed by atoms with Gasteiger partial charge in [-0.05, 0) is 72.4 Å². The van der Waals surface area contributed by atoms with Crippen LogP contribution in [-0.4, -0.2) is 33.9 Å². The van der Waals surface area contributed by atoms with Crippen molar-refractivity contribution in [2.45, 2.75) is 40.3 Å². The maximum Gasteiger partial charge on any atom is 0.312 e. The van der Waals surface area contributed by atoms with Crippen LogP contribution >= 0.6 is 15.9 Å². The minimum absolute atomic E-state index is 0.102. The Kier molecular flexibility index (Phi) is 8.23. The van der Waals surface area contributed by atoms with Gasteiger partial charge in [0.1, 0.15) is 24.0 Å². The lowest BCUT2D eigenvalue weighted by Crippen LogP contribution is -2.28. The zero-order valence-corrected chi connectivity index (χ0v) is 21.6. The van der Waals surface area contributed by atoms with Gasteiger partial charge in [-0.25, -0.2) is 5.43 Å². The van der Waals surface area contributed by atoms with Crippen molar-refractivity contribution in [3.63, 3.8) is 0 Å². The summed E-state index contributed by atoms with van der Waals surface area (Å²) in [7, 11) is 1.54. The summed E-state index contributed by atoms with van der Waals surface area (Å²) in [6, 6.07) is 10.7. The molecule has 0 spiro atoms.